The van der Waals surface area contributed by atoms with Crippen LogP contribution < -0.4 is 10.6 Å². The van der Waals surface area contributed by atoms with Crippen molar-refractivity contribution in [2.75, 3.05) is 5.32 Å². The van der Waals surface area contributed by atoms with E-state index in [1.54, 1.807) is 6.92 Å². The van der Waals surface area contributed by atoms with Gasteiger partial charge >= 0.3 is 18.0 Å². The lowest BCUT2D eigenvalue weighted by atomic mass is 9.99. The minimum Gasteiger partial charge on any atom is -0.480 e. The summed E-state index contributed by atoms with van der Waals surface area (Å²) in [6.45, 7) is 3.56. The largest absolute Gasteiger partial charge is 0.480 e. The Balaban J connectivity index is 2.74. The van der Waals surface area contributed by atoms with Gasteiger partial charge in [0.25, 0.3) is 0 Å². The SMILES string of the molecule is CCC(C)C(NC(=O)Nc1cccc(C(=O)O)c1)C(=O)O. The van der Waals surface area contributed by atoms with E-state index in [9.17, 15) is 14.4 Å². The molecule has 114 valence electrons. The Morgan fingerprint density at radius 2 is 1.90 bits per heavy atom. The van der Waals surface area contributed by atoms with E-state index in [0.29, 0.717) is 6.42 Å². The number of anilines is 1. The van der Waals surface area contributed by atoms with E-state index in [4.69, 9.17) is 10.2 Å². The first-order valence-electron chi connectivity index (χ1n) is 6.48. The highest BCUT2D eigenvalue weighted by atomic mass is 16.4. The Hall–Kier alpha value is -2.57. The molecule has 7 nitrogen and oxygen atoms in total. The second-order valence-electron chi connectivity index (χ2n) is 4.69. The van der Waals surface area contributed by atoms with Crippen LogP contribution in [0.15, 0.2) is 24.3 Å². The number of rotatable bonds is 6. The van der Waals surface area contributed by atoms with Crippen LogP contribution in [-0.4, -0.2) is 34.2 Å². The smallest absolute Gasteiger partial charge is 0.335 e. The third-order valence-electron chi connectivity index (χ3n) is 3.13. The van der Waals surface area contributed by atoms with Crippen LogP contribution in [0, 0.1) is 5.92 Å². The minimum absolute atomic E-state index is 0.0320. The van der Waals surface area contributed by atoms with Crippen LogP contribution in [-0.2, 0) is 4.79 Å². The highest BCUT2D eigenvalue weighted by Crippen LogP contribution is 2.12. The molecule has 0 aromatic heterocycles. The number of hydrogen-bond donors (Lipinski definition) is 4. The lowest BCUT2D eigenvalue weighted by molar-refractivity contribution is -0.140. The van der Waals surface area contributed by atoms with Crippen LogP contribution in [0.2, 0.25) is 0 Å². The topological polar surface area (TPSA) is 116 Å². The average Bonchev–Trinajstić information content (AvgIpc) is 2.43. The molecule has 4 N–H and O–H groups in total. The Labute approximate surface area is 122 Å². The third-order valence-corrected chi connectivity index (χ3v) is 3.13. The molecule has 0 aliphatic rings. The Bertz CT molecular complexity index is 544. The molecule has 0 radical (unpaired) electrons. The van der Waals surface area contributed by atoms with Crippen molar-refractivity contribution >= 4 is 23.7 Å². The summed E-state index contributed by atoms with van der Waals surface area (Å²) >= 11 is 0. The van der Waals surface area contributed by atoms with Crippen molar-refractivity contribution in [1.29, 1.82) is 0 Å². The fourth-order valence-corrected chi connectivity index (χ4v) is 1.72. The molecule has 0 bridgehead atoms. The van der Waals surface area contributed by atoms with Gasteiger partial charge in [0.2, 0.25) is 0 Å². The van der Waals surface area contributed by atoms with Crippen molar-refractivity contribution in [2.45, 2.75) is 26.3 Å². The molecule has 1 rings (SSSR count). The maximum absolute atomic E-state index is 11.8. The van der Waals surface area contributed by atoms with Gasteiger partial charge in [-0.25, -0.2) is 14.4 Å². The zero-order valence-electron chi connectivity index (χ0n) is 11.8. The molecule has 2 atom stereocenters. The number of carbonyl (C=O) groups is 3. The second kappa shape index (κ2) is 7.28. The van der Waals surface area contributed by atoms with E-state index in [1.165, 1.54) is 24.3 Å². The third kappa shape index (κ3) is 4.79. The van der Waals surface area contributed by atoms with Gasteiger partial charge in [-0.15, -0.1) is 0 Å². The first-order valence-corrected chi connectivity index (χ1v) is 6.48. The number of aliphatic carboxylic acids is 1. The number of carboxylic acid groups (broad SMARTS) is 2. The van der Waals surface area contributed by atoms with Gasteiger partial charge < -0.3 is 20.8 Å². The van der Waals surface area contributed by atoms with Gasteiger partial charge in [0.15, 0.2) is 0 Å². The molecule has 21 heavy (non-hydrogen) atoms. The maximum Gasteiger partial charge on any atom is 0.335 e. The predicted octanol–water partition coefficient (Wildman–Crippen LogP) is 2.01. The molecule has 7 heteroatoms. The van der Waals surface area contributed by atoms with Crippen molar-refractivity contribution in [1.82, 2.24) is 5.32 Å². The molecule has 0 saturated heterocycles. The molecule has 0 heterocycles. The van der Waals surface area contributed by atoms with Crippen LogP contribution in [0.5, 0.6) is 0 Å². The Morgan fingerprint density at radius 3 is 2.43 bits per heavy atom. The molecule has 1 aromatic carbocycles. The number of aromatic carboxylic acids is 1. The zero-order valence-corrected chi connectivity index (χ0v) is 11.8. The number of carbonyl (C=O) groups excluding carboxylic acids is 1. The van der Waals surface area contributed by atoms with E-state index in [-0.39, 0.29) is 17.2 Å². The summed E-state index contributed by atoms with van der Waals surface area (Å²) in [7, 11) is 0. The van der Waals surface area contributed by atoms with Gasteiger partial charge in [-0.1, -0.05) is 26.3 Å². The fraction of sp³-hybridized carbons (Fsp3) is 0.357. The van der Waals surface area contributed by atoms with Crippen molar-refractivity contribution in [2.24, 2.45) is 5.92 Å². The maximum atomic E-state index is 11.8. The highest BCUT2D eigenvalue weighted by Gasteiger charge is 2.25. The summed E-state index contributed by atoms with van der Waals surface area (Å²) in [5.41, 5.74) is 0.310. The number of hydrogen-bond acceptors (Lipinski definition) is 3. The molecule has 2 amide bonds. The molecule has 0 spiro atoms. The number of nitrogens with one attached hydrogen (secondary N) is 2. The van der Waals surface area contributed by atoms with Crippen molar-refractivity contribution in [3.63, 3.8) is 0 Å². The number of benzene rings is 1. The highest BCUT2D eigenvalue weighted by molar-refractivity contribution is 5.94. The first kappa shape index (κ1) is 16.5. The minimum atomic E-state index is -1.11. The van der Waals surface area contributed by atoms with E-state index in [0.717, 1.165) is 0 Å². The summed E-state index contributed by atoms with van der Waals surface area (Å²) in [6, 6.07) is 4.00. The first-order chi connectivity index (χ1) is 9.85. The summed E-state index contributed by atoms with van der Waals surface area (Å²) in [4.78, 5) is 33.7. The quantitative estimate of drug-likeness (QED) is 0.640. The fourth-order valence-electron chi connectivity index (χ4n) is 1.72. The molecular weight excluding hydrogens is 276 g/mol. The van der Waals surface area contributed by atoms with Gasteiger partial charge in [0.05, 0.1) is 5.56 Å². The molecule has 0 aliphatic carbocycles. The number of urea groups is 1. The van der Waals surface area contributed by atoms with Crippen molar-refractivity contribution in [3.05, 3.63) is 29.8 Å². The second-order valence-corrected chi connectivity index (χ2v) is 4.69. The van der Waals surface area contributed by atoms with E-state index in [2.05, 4.69) is 10.6 Å². The van der Waals surface area contributed by atoms with E-state index in [1.807, 2.05) is 6.92 Å². The predicted molar refractivity (Wildman–Crippen MR) is 76.4 cm³/mol. The lowest BCUT2D eigenvalue weighted by Gasteiger charge is -2.20. The van der Waals surface area contributed by atoms with Crippen molar-refractivity contribution in [3.8, 4) is 0 Å². The molecule has 1 aromatic rings. The van der Waals surface area contributed by atoms with Gasteiger partial charge in [0, 0.05) is 5.69 Å². The summed E-state index contributed by atoms with van der Waals surface area (Å²) in [5, 5.41) is 22.7. The van der Waals surface area contributed by atoms with Gasteiger partial charge in [-0.05, 0) is 24.1 Å². The molecular formula is C14H18N2O5. The summed E-state index contributed by atoms with van der Waals surface area (Å²) in [5.74, 6) is -2.44. The zero-order chi connectivity index (χ0) is 16.0. The molecule has 0 aliphatic heterocycles. The van der Waals surface area contributed by atoms with Crippen LogP contribution in [0.1, 0.15) is 30.6 Å². The summed E-state index contributed by atoms with van der Waals surface area (Å²) < 4.78 is 0. The standard InChI is InChI=1S/C14H18N2O5/c1-3-8(2)11(13(19)20)16-14(21)15-10-6-4-5-9(7-10)12(17)18/h4-8,11H,3H2,1-2H3,(H,17,18)(H,19,20)(H2,15,16,21). The molecule has 2 unspecified atom stereocenters. The number of carboxylic acids is 2. The van der Waals surface area contributed by atoms with E-state index >= 15 is 0 Å². The van der Waals surface area contributed by atoms with Gasteiger partial charge in [-0.3, -0.25) is 0 Å². The van der Waals surface area contributed by atoms with Gasteiger partial charge in [-0.2, -0.15) is 0 Å². The molecule has 0 fully saturated rings. The monoisotopic (exact) mass is 294 g/mol. The summed E-state index contributed by atoms with van der Waals surface area (Å²) in [6.07, 6.45) is 0.603. The van der Waals surface area contributed by atoms with Crippen LogP contribution in [0.4, 0.5) is 10.5 Å². The van der Waals surface area contributed by atoms with Crippen LogP contribution in [0.3, 0.4) is 0 Å². The van der Waals surface area contributed by atoms with Crippen molar-refractivity contribution < 1.29 is 24.6 Å². The lowest BCUT2D eigenvalue weighted by Crippen LogP contribution is -2.46. The van der Waals surface area contributed by atoms with E-state index < -0.39 is 24.0 Å². The molecule has 0 saturated carbocycles. The Kier molecular flexibility index (Phi) is 5.71. The normalized spacial score (nSPS) is 13.0. The average molecular weight is 294 g/mol. The number of amides is 2. The van der Waals surface area contributed by atoms with Gasteiger partial charge in [0.1, 0.15) is 6.04 Å². The van der Waals surface area contributed by atoms with Crippen LogP contribution in [0.25, 0.3) is 0 Å². The van der Waals surface area contributed by atoms with Crippen LogP contribution >= 0.6 is 0 Å². The Morgan fingerprint density at radius 1 is 1.24 bits per heavy atom.